The molecule has 7 heteroatoms. The van der Waals surface area contributed by atoms with Gasteiger partial charge < -0.3 is 9.80 Å². The third-order valence-corrected chi connectivity index (χ3v) is 5.12. The Kier molecular flexibility index (Phi) is 5.31. The van der Waals surface area contributed by atoms with Crippen molar-refractivity contribution in [3.05, 3.63) is 39.9 Å². The minimum Gasteiger partial charge on any atom is -0.342 e. The molecule has 0 bridgehead atoms. The quantitative estimate of drug-likeness (QED) is 0.617. The molecule has 1 aromatic carbocycles. The summed E-state index contributed by atoms with van der Waals surface area (Å²) >= 11 is 0. The summed E-state index contributed by atoms with van der Waals surface area (Å²) in [6.45, 7) is 2.96. The molecule has 1 aromatic rings. The predicted octanol–water partition coefficient (Wildman–Crippen LogP) is 2.00. The number of carbonyl (C=O) groups is 2. The Morgan fingerprint density at radius 3 is 2.16 bits per heavy atom. The maximum atomic E-state index is 12.4. The van der Waals surface area contributed by atoms with E-state index in [0.717, 1.165) is 44.3 Å². The normalized spacial score (nSPS) is 18.4. The van der Waals surface area contributed by atoms with Crippen molar-refractivity contribution < 1.29 is 14.5 Å². The Hall–Kier alpha value is -2.44. The minimum absolute atomic E-state index is 0.0147. The largest absolute Gasteiger partial charge is 0.342 e. The highest BCUT2D eigenvalue weighted by atomic mass is 16.6. The number of likely N-dealkylation sites (tertiary alicyclic amines) is 2. The standard InChI is InChI=1S/C18H23N3O4/c22-17(13-14-3-5-16(6-4-14)21(24)25)19-11-7-15(8-12-19)18(23)20-9-1-2-10-20/h3-6,15H,1-2,7-13H2. The van der Waals surface area contributed by atoms with Crippen molar-refractivity contribution in [3.8, 4) is 0 Å². The van der Waals surface area contributed by atoms with Gasteiger partial charge in [0.2, 0.25) is 11.8 Å². The van der Waals surface area contributed by atoms with Crippen LogP contribution in [0.1, 0.15) is 31.2 Å². The summed E-state index contributed by atoms with van der Waals surface area (Å²) in [6, 6.07) is 6.09. The molecule has 2 amide bonds. The van der Waals surface area contributed by atoms with E-state index in [1.807, 2.05) is 4.90 Å². The van der Waals surface area contributed by atoms with E-state index < -0.39 is 4.92 Å². The van der Waals surface area contributed by atoms with Crippen molar-refractivity contribution in [2.75, 3.05) is 26.2 Å². The van der Waals surface area contributed by atoms with Crippen LogP contribution in [0.4, 0.5) is 5.69 Å². The van der Waals surface area contributed by atoms with Crippen LogP contribution >= 0.6 is 0 Å². The average Bonchev–Trinajstić information content (AvgIpc) is 3.16. The summed E-state index contributed by atoms with van der Waals surface area (Å²) < 4.78 is 0. The second-order valence-corrected chi connectivity index (χ2v) is 6.79. The molecule has 2 saturated heterocycles. The third kappa shape index (κ3) is 4.15. The molecule has 134 valence electrons. The van der Waals surface area contributed by atoms with Crippen LogP contribution in [0.15, 0.2) is 24.3 Å². The van der Waals surface area contributed by atoms with Crippen molar-refractivity contribution in [1.29, 1.82) is 0 Å². The fourth-order valence-electron chi connectivity index (χ4n) is 3.59. The number of nitro benzene ring substituents is 1. The van der Waals surface area contributed by atoms with Gasteiger partial charge in [0.1, 0.15) is 0 Å². The van der Waals surface area contributed by atoms with Crippen molar-refractivity contribution in [1.82, 2.24) is 9.80 Å². The lowest BCUT2D eigenvalue weighted by Gasteiger charge is -2.33. The molecule has 0 unspecified atom stereocenters. The maximum absolute atomic E-state index is 12.4. The van der Waals surface area contributed by atoms with Crippen LogP contribution in [0.3, 0.4) is 0 Å². The first kappa shape index (κ1) is 17.4. The minimum atomic E-state index is -0.451. The Morgan fingerprint density at radius 2 is 1.60 bits per heavy atom. The Labute approximate surface area is 146 Å². The molecule has 0 saturated carbocycles. The molecular weight excluding hydrogens is 322 g/mol. The summed E-state index contributed by atoms with van der Waals surface area (Å²) in [5.41, 5.74) is 0.795. The fourth-order valence-corrected chi connectivity index (χ4v) is 3.59. The number of non-ortho nitro benzene ring substituents is 1. The van der Waals surface area contributed by atoms with Gasteiger partial charge >= 0.3 is 0 Å². The smallest absolute Gasteiger partial charge is 0.269 e. The topological polar surface area (TPSA) is 83.8 Å². The van der Waals surface area contributed by atoms with Gasteiger partial charge in [-0.15, -0.1) is 0 Å². The second kappa shape index (κ2) is 7.63. The van der Waals surface area contributed by atoms with E-state index in [9.17, 15) is 19.7 Å². The predicted molar refractivity (Wildman–Crippen MR) is 91.9 cm³/mol. The first-order valence-corrected chi connectivity index (χ1v) is 8.84. The fraction of sp³-hybridized carbons (Fsp3) is 0.556. The van der Waals surface area contributed by atoms with E-state index in [1.54, 1.807) is 17.0 Å². The highest BCUT2D eigenvalue weighted by Gasteiger charge is 2.31. The van der Waals surface area contributed by atoms with E-state index in [2.05, 4.69) is 0 Å². The Bertz CT molecular complexity index is 645. The van der Waals surface area contributed by atoms with Crippen LogP contribution in [0, 0.1) is 16.0 Å². The van der Waals surface area contributed by atoms with Crippen LogP contribution in [0.25, 0.3) is 0 Å². The van der Waals surface area contributed by atoms with E-state index >= 15 is 0 Å². The van der Waals surface area contributed by atoms with Crippen LogP contribution < -0.4 is 0 Å². The van der Waals surface area contributed by atoms with Gasteiger partial charge in [0.05, 0.1) is 11.3 Å². The summed E-state index contributed by atoms with van der Waals surface area (Å²) in [4.78, 5) is 38.8. The van der Waals surface area contributed by atoms with Crippen LogP contribution in [0.5, 0.6) is 0 Å². The van der Waals surface area contributed by atoms with E-state index in [4.69, 9.17) is 0 Å². The monoisotopic (exact) mass is 345 g/mol. The van der Waals surface area contributed by atoms with Crippen molar-refractivity contribution in [3.63, 3.8) is 0 Å². The number of hydrogen-bond donors (Lipinski definition) is 0. The van der Waals surface area contributed by atoms with Gasteiger partial charge in [-0.3, -0.25) is 19.7 Å². The molecule has 0 atom stereocenters. The average molecular weight is 345 g/mol. The van der Waals surface area contributed by atoms with E-state index in [0.29, 0.717) is 13.1 Å². The van der Waals surface area contributed by atoms with E-state index in [1.165, 1.54) is 12.1 Å². The molecule has 2 aliphatic rings. The Morgan fingerprint density at radius 1 is 1.00 bits per heavy atom. The van der Waals surface area contributed by atoms with Gasteiger partial charge in [-0.05, 0) is 31.2 Å². The molecule has 0 aliphatic carbocycles. The lowest BCUT2D eigenvalue weighted by Crippen LogP contribution is -2.44. The number of nitro groups is 1. The number of amides is 2. The van der Waals surface area contributed by atoms with Gasteiger partial charge in [-0.2, -0.15) is 0 Å². The highest BCUT2D eigenvalue weighted by molar-refractivity contribution is 5.81. The maximum Gasteiger partial charge on any atom is 0.269 e. The molecule has 2 heterocycles. The lowest BCUT2D eigenvalue weighted by atomic mass is 9.95. The van der Waals surface area contributed by atoms with Crippen LogP contribution in [0.2, 0.25) is 0 Å². The molecule has 2 aliphatic heterocycles. The summed E-state index contributed by atoms with van der Waals surface area (Å²) in [5, 5.41) is 10.7. The number of rotatable bonds is 4. The summed E-state index contributed by atoms with van der Waals surface area (Å²) in [7, 11) is 0. The molecular formula is C18H23N3O4. The van der Waals surface area contributed by atoms with Crippen molar-refractivity contribution in [2.24, 2.45) is 5.92 Å². The van der Waals surface area contributed by atoms with E-state index in [-0.39, 0.29) is 29.8 Å². The Balaban J connectivity index is 1.49. The summed E-state index contributed by atoms with van der Waals surface area (Å²) in [6.07, 6.45) is 3.88. The van der Waals surface area contributed by atoms with Gasteiger partial charge in [-0.25, -0.2) is 0 Å². The molecule has 7 nitrogen and oxygen atoms in total. The molecule has 0 aromatic heterocycles. The molecule has 2 fully saturated rings. The molecule has 0 spiro atoms. The highest BCUT2D eigenvalue weighted by Crippen LogP contribution is 2.23. The first-order chi connectivity index (χ1) is 12.0. The zero-order chi connectivity index (χ0) is 17.8. The molecule has 0 radical (unpaired) electrons. The number of benzene rings is 1. The number of carbonyl (C=O) groups excluding carboxylic acids is 2. The number of nitrogens with zero attached hydrogens (tertiary/aromatic N) is 3. The summed E-state index contributed by atoms with van der Waals surface area (Å²) in [5.74, 6) is 0.308. The first-order valence-electron chi connectivity index (χ1n) is 8.84. The van der Waals surface area contributed by atoms with Crippen molar-refractivity contribution >= 4 is 17.5 Å². The molecule has 25 heavy (non-hydrogen) atoms. The number of hydrogen-bond acceptors (Lipinski definition) is 4. The zero-order valence-electron chi connectivity index (χ0n) is 14.2. The van der Waals surface area contributed by atoms with Gasteiger partial charge in [0, 0.05) is 44.2 Å². The van der Waals surface area contributed by atoms with Gasteiger partial charge in [0.15, 0.2) is 0 Å². The molecule has 0 N–H and O–H groups in total. The second-order valence-electron chi connectivity index (χ2n) is 6.79. The molecule has 3 rings (SSSR count). The number of piperidine rings is 1. The zero-order valence-corrected chi connectivity index (χ0v) is 14.2. The van der Waals surface area contributed by atoms with Crippen LogP contribution in [-0.4, -0.2) is 52.7 Å². The SMILES string of the molecule is O=C(Cc1ccc([N+](=O)[O-])cc1)N1CCC(C(=O)N2CCCC2)CC1. The van der Waals surface area contributed by atoms with Crippen molar-refractivity contribution in [2.45, 2.75) is 32.1 Å². The van der Waals surface area contributed by atoms with Crippen LogP contribution in [-0.2, 0) is 16.0 Å². The van der Waals surface area contributed by atoms with Gasteiger partial charge in [-0.1, -0.05) is 12.1 Å². The van der Waals surface area contributed by atoms with Gasteiger partial charge in [0.25, 0.3) is 5.69 Å². The lowest BCUT2D eigenvalue weighted by molar-refractivity contribution is -0.384. The third-order valence-electron chi connectivity index (χ3n) is 5.12.